The van der Waals surface area contributed by atoms with Crippen LogP contribution in [0.2, 0.25) is 0 Å². The molecule has 5 heteroatoms. The molecular weight excluding hydrogens is 194 g/mol. The van der Waals surface area contributed by atoms with Crippen molar-refractivity contribution in [1.82, 2.24) is 10.2 Å². The molecule has 0 saturated carbocycles. The van der Waals surface area contributed by atoms with Crippen molar-refractivity contribution < 1.29 is 9.59 Å². The Labute approximate surface area is 90.0 Å². The lowest BCUT2D eigenvalue weighted by Gasteiger charge is -2.28. The molecule has 0 bridgehead atoms. The molecule has 5 nitrogen and oxygen atoms in total. The lowest BCUT2D eigenvalue weighted by molar-refractivity contribution is -0.139. The number of hydrogen-bond donors (Lipinski definition) is 2. The lowest BCUT2D eigenvalue weighted by atomic mass is 9.98. The average molecular weight is 213 g/mol. The third-order valence-corrected chi connectivity index (χ3v) is 2.69. The van der Waals surface area contributed by atoms with Gasteiger partial charge in [0.2, 0.25) is 11.8 Å². The first kappa shape index (κ1) is 12.0. The van der Waals surface area contributed by atoms with E-state index in [0.29, 0.717) is 13.1 Å². The number of carbonyl (C=O) groups excluding carboxylic acids is 2. The number of rotatable bonds is 4. The van der Waals surface area contributed by atoms with Crippen LogP contribution in [0.3, 0.4) is 0 Å². The van der Waals surface area contributed by atoms with Crippen LogP contribution in [0.15, 0.2) is 0 Å². The summed E-state index contributed by atoms with van der Waals surface area (Å²) in [4.78, 5) is 24.2. The van der Waals surface area contributed by atoms with Crippen molar-refractivity contribution in [3.63, 3.8) is 0 Å². The number of nitrogens with zero attached hydrogens (tertiary/aromatic N) is 1. The number of amides is 2. The molecule has 0 aromatic rings. The van der Waals surface area contributed by atoms with Crippen LogP contribution in [-0.2, 0) is 9.59 Å². The molecule has 1 fully saturated rings. The lowest BCUT2D eigenvalue weighted by Crippen LogP contribution is -2.45. The molecule has 0 spiro atoms. The van der Waals surface area contributed by atoms with Gasteiger partial charge in [0.15, 0.2) is 0 Å². The maximum absolute atomic E-state index is 11.9. The first-order valence-corrected chi connectivity index (χ1v) is 5.43. The third kappa shape index (κ3) is 3.51. The van der Waals surface area contributed by atoms with E-state index < -0.39 is 5.91 Å². The maximum Gasteiger partial charge on any atom is 0.237 e. The largest absolute Gasteiger partial charge is 0.368 e. The van der Waals surface area contributed by atoms with Crippen molar-refractivity contribution in [1.29, 1.82) is 0 Å². The smallest absolute Gasteiger partial charge is 0.237 e. The Bertz CT molecular complexity index is 237. The predicted molar refractivity (Wildman–Crippen MR) is 57.0 cm³/mol. The quantitative estimate of drug-likeness (QED) is 0.649. The van der Waals surface area contributed by atoms with Crippen LogP contribution in [-0.4, -0.2) is 42.9 Å². The van der Waals surface area contributed by atoms with Crippen molar-refractivity contribution in [2.24, 2.45) is 11.7 Å². The zero-order valence-electron chi connectivity index (χ0n) is 9.16. The molecule has 0 aromatic heterocycles. The normalized spacial score (nSPS) is 21.0. The molecule has 1 atom stereocenters. The molecule has 0 aliphatic carbocycles. The summed E-state index contributed by atoms with van der Waals surface area (Å²) in [6.45, 7) is 4.13. The van der Waals surface area contributed by atoms with Gasteiger partial charge in [0.25, 0.3) is 0 Å². The highest BCUT2D eigenvalue weighted by Gasteiger charge is 2.25. The predicted octanol–water partition coefficient (Wildman–Crippen LogP) is -0.680. The Morgan fingerprint density at radius 3 is 2.73 bits per heavy atom. The fourth-order valence-electron chi connectivity index (χ4n) is 1.85. The van der Waals surface area contributed by atoms with Gasteiger partial charge in [-0.2, -0.15) is 0 Å². The van der Waals surface area contributed by atoms with Gasteiger partial charge in [-0.25, -0.2) is 0 Å². The van der Waals surface area contributed by atoms with Crippen molar-refractivity contribution >= 4 is 11.8 Å². The standard InChI is InChI=1S/C10H19N3O2/c1-2-13(7-9(11)14)10(15)8-4-3-5-12-6-8/h8,12H,2-7H2,1H3,(H2,11,14)/t8-/m1/s1. The molecule has 1 saturated heterocycles. The SMILES string of the molecule is CCN(CC(N)=O)C(=O)[C@@H]1CCCNC1. The van der Waals surface area contributed by atoms with Crippen LogP contribution >= 0.6 is 0 Å². The van der Waals surface area contributed by atoms with Crippen molar-refractivity contribution in [3.05, 3.63) is 0 Å². The Hall–Kier alpha value is -1.10. The first-order chi connectivity index (χ1) is 7.15. The average Bonchev–Trinajstić information content (AvgIpc) is 2.26. The summed E-state index contributed by atoms with van der Waals surface area (Å²) in [6.07, 6.45) is 1.92. The van der Waals surface area contributed by atoms with Crippen molar-refractivity contribution in [2.75, 3.05) is 26.2 Å². The van der Waals surface area contributed by atoms with E-state index in [4.69, 9.17) is 5.73 Å². The minimum absolute atomic E-state index is 0.0121. The highest BCUT2D eigenvalue weighted by atomic mass is 16.2. The number of nitrogens with two attached hydrogens (primary N) is 1. The second-order valence-electron chi connectivity index (χ2n) is 3.86. The molecule has 1 aliphatic heterocycles. The molecule has 2 amide bonds. The second kappa shape index (κ2) is 5.70. The number of piperidine rings is 1. The van der Waals surface area contributed by atoms with Crippen LogP contribution in [0.5, 0.6) is 0 Å². The number of nitrogens with one attached hydrogen (secondary N) is 1. The molecule has 0 aromatic carbocycles. The minimum atomic E-state index is -0.450. The number of likely N-dealkylation sites (N-methyl/N-ethyl adjacent to an activating group) is 1. The van der Waals surface area contributed by atoms with E-state index in [2.05, 4.69) is 5.32 Å². The Morgan fingerprint density at radius 2 is 2.27 bits per heavy atom. The number of carbonyl (C=O) groups is 2. The highest BCUT2D eigenvalue weighted by Crippen LogP contribution is 2.13. The van der Waals surface area contributed by atoms with E-state index >= 15 is 0 Å². The van der Waals surface area contributed by atoms with Crippen LogP contribution < -0.4 is 11.1 Å². The van der Waals surface area contributed by atoms with Crippen molar-refractivity contribution in [2.45, 2.75) is 19.8 Å². The summed E-state index contributed by atoms with van der Waals surface area (Å²) < 4.78 is 0. The van der Waals surface area contributed by atoms with Gasteiger partial charge in [0.05, 0.1) is 12.5 Å². The third-order valence-electron chi connectivity index (χ3n) is 2.69. The summed E-state index contributed by atoms with van der Waals surface area (Å²) in [7, 11) is 0. The van der Waals surface area contributed by atoms with Gasteiger partial charge >= 0.3 is 0 Å². The summed E-state index contributed by atoms with van der Waals surface area (Å²) in [5, 5.41) is 3.18. The molecule has 1 aliphatic rings. The Balaban J connectivity index is 2.50. The van der Waals surface area contributed by atoms with Gasteiger partial charge < -0.3 is 16.0 Å². The molecule has 15 heavy (non-hydrogen) atoms. The van der Waals surface area contributed by atoms with Crippen LogP contribution in [0, 0.1) is 5.92 Å². The van der Waals surface area contributed by atoms with Gasteiger partial charge in [-0.05, 0) is 26.3 Å². The number of primary amides is 1. The van der Waals surface area contributed by atoms with E-state index in [-0.39, 0.29) is 18.4 Å². The summed E-state index contributed by atoms with van der Waals surface area (Å²) in [6, 6.07) is 0. The van der Waals surface area contributed by atoms with Gasteiger partial charge in [-0.1, -0.05) is 0 Å². The molecule has 86 valence electrons. The molecule has 1 heterocycles. The molecular formula is C10H19N3O2. The highest BCUT2D eigenvalue weighted by molar-refractivity contribution is 5.85. The fourth-order valence-corrected chi connectivity index (χ4v) is 1.85. The fraction of sp³-hybridized carbons (Fsp3) is 0.800. The monoisotopic (exact) mass is 213 g/mol. The van der Waals surface area contributed by atoms with Crippen LogP contribution in [0.4, 0.5) is 0 Å². The minimum Gasteiger partial charge on any atom is -0.368 e. The van der Waals surface area contributed by atoms with Gasteiger partial charge in [-0.15, -0.1) is 0 Å². The zero-order chi connectivity index (χ0) is 11.3. The van der Waals surface area contributed by atoms with Crippen LogP contribution in [0.1, 0.15) is 19.8 Å². The number of hydrogen-bond acceptors (Lipinski definition) is 3. The molecule has 0 unspecified atom stereocenters. The zero-order valence-corrected chi connectivity index (χ0v) is 9.16. The molecule has 0 radical (unpaired) electrons. The maximum atomic E-state index is 11.9. The van der Waals surface area contributed by atoms with Gasteiger partial charge in [-0.3, -0.25) is 9.59 Å². The Kier molecular flexibility index (Phi) is 4.55. The van der Waals surface area contributed by atoms with E-state index in [9.17, 15) is 9.59 Å². The van der Waals surface area contributed by atoms with E-state index in [1.807, 2.05) is 6.92 Å². The second-order valence-corrected chi connectivity index (χ2v) is 3.86. The van der Waals surface area contributed by atoms with Gasteiger partial charge in [0.1, 0.15) is 0 Å². The topological polar surface area (TPSA) is 75.4 Å². The Morgan fingerprint density at radius 1 is 1.53 bits per heavy atom. The van der Waals surface area contributed by atoms with Crippen LogP contribution in [0.25, 0.3) is 0 Å². The summed E-state index contributed by atoms with van der Waals surface area (Å²) in [5.41, 5.74) is 5.09. The summed E-state index contributed by atoms with van der Waals surface area (Å²) in [5.74, 6) is -0.393. The van der Waals surface area contributed by atoms with E-state index in [1.54, 1.807) is 0 Å². The van der Waals surface area contributed by atoms with E-state index in [1.165, 1.54) is 4.90 Å². The van der Waals surface area contributed by atoms with Gasteiger partial charge in [0, 0.05) is 13.1 Å². The molecule has 1 rings (SSSR count). The summed E-state index contributed by atoms with van der Waals surface area (Å²) >= 11 is 0. The first-order valence-electron chi connectivity index (χ1n) is 5.43. The van der Waals surface area contributed by atoms with Crippen molar-refractivity contribution in [3.8, 4) is 0 Å². The van der Waals surface area contributed by atoms with E-state index in [0.717, 1.165) is 19.4 Å². The molecule has 3 N–H and O–H groups in total.